The van der Waals surface area contributed by atoms with Crippen molar-refractivity contribution in [2.45, 2.75) is 51.5 Å². The van der Waals surface area contributed by atoms with Crippen LogP contribution in [0.2, 0.25) is 0 Å². The molecule has 7 heteroatoms. The van der Waals surface area contributed by atoms with Crippen LogP contribution in [0.5, 0.6) is 0 Å². The SMILES string of the molecule is CC(NC(=O)COC(=O)c1nc(-c2ccccc2)n(-c2ccccc2)n1)C12CC3CC(CC(C3)C1)C2. The zero-order chi connectivity index (χ0) is 24.7. The van der Waals surface area contributed by atoms with Crippen LogP contribution >= 0.6 is 0 Å². The summed E-state index contributed by atoms with van der Waals surface area (Å²) >= 11 is 0. The highest BCUT2D eigenvalue weighted by Crippen LogP contribution is 2.61. The number of esters is 1. The number of rotatable bonds is 7. The van der Waals surface area contributed by atoms with Crippen molar-refractivity contribution in [3.63, 3.8) is 0 Å². The molecule has 1 atom stereocenters. The van der Waals surface area contributed by atoms with E-state index in [1.54, 1.807) is 4.68 Å². The fourth-order valence-electron chi connectivity index (χ4n) is 7.26. The minimum Gasteiger partial charge on any atom is -0.450 e. The number of carbonyl (C=O) groups is 2. The molecule has 1 amide bonds. The molecule has 7 rings (SSSR count). The molecular formula is C29H32N4O3. The van der Waals surface area contributed by atoms with Gasteiger partial charge in [0.05, 0.1) is 5.69 Å². The molecule has 4 fully saturated rings. The zero-order valence-electron chi connectivity index (χ0n) is 20.6. The summed E-state index contributed by atoms with van der Waals surface area (Å²) in [7, 11) is 0. The normalized spacial score (nSPS) is 27.0. The van der Waals surface area contributed by atoms with Crippen LogP contribution in [0.25, 0.3) is 17.1 Å². The minimum absolute atomic E-state index is 0.0698. The van der Waals surface area contributed by atoms with Crippen LogP contribution in [0.3, 0.4) is 0 Å². The van der Waals surface area contributed by atoms with Crippen LogP contribution < -0.4 is 5.32 Å². The Morgan fingerprint density at radius 1 is 0.972 bits per heavy atom. The molecule has 7 nitrogen and oxygen atoms in total. The largest absolute Gasteiger partial charge is 0.450 e. The predicted molar refractivity (Wildman–Crippen MR) is 135 cm³/mol. The van der Waals surface area contributed by atoms with Gasteiger partial charge in [0, 0.05) is 11.6 Å². The number of amides is 1. The third-order valence-electron chi connectivity index (χ3n) is 8.54. The minimum atomic E-state index is -0.709. The molecule has 0 aliphatic heterocycles. The van der Waals surface area contributed by atoms with Gasteiger partial charge in [-0.25, -0.2) is 14.5 Å². The van der Waals surface area contributed by atoms with Gasteiger partial charge in [0.1, 0.15) is 0 Å². The maximum Gasteiger partial charge on any atom is 0.378 e. The van der Waals surface area contributed by atoms with Crippen LogP contribution in [-0.2, 0) is 9.53 Å². The molecule has 2 aromatic carbocycles. The van der Waals surface area contributed by atoms with E-state index in [2.05, 4.69) is 22.3 Å². The van der Waals surface area contributed by atoms with Gasteiger partial charge in [-0.3, -0.25) is 4.79 Å². The van der Waals surface area contributed by atoms with Gasteiger partial charge in [-0.1, -0.05) is 48.5 Å². The van der Waals surface area contributed by atoms with Gasteiger partial charge in [-0.15, -0.1) is 5.10 Å². The second-order valence-corrected chi connectivity index (χ2v) is 11.0. The lowest BCUT2D eigenvalue weighted by Gasteiger charge is -2.59. The van der Waals surface area contributed by atoms with Crippen molar-refractivity contribution in [1.82, 2.24) is 20.1 Å². The highest BCUT2D eigenvalue weighted by Gasteiger charge is 2.53. The van der Waals surface area contributed by atoms with E-state index in [1.165, 1.54) is 38.5 Å². The van der Waals surface area contributed by atoms with Crippen molar-refractivity contribution in [1.29, 1.82) is 0 Å². The van der Waals surface area contributed by atoms with Gasteiger partial charge in [-0.2, -0.15) is 0 Å². The number of benzene rings is 2. The molecule has 1 heterocycles. The Bertz CT molecular complexity index is 1160. The van der Waals surface area contributed by atoms with Crippen molar-refractivity contribution in [2.75, 3.05) is 6.61 Å². The molecule has 1 N–H and O–H groups in total. The van der Waals surface area contributed by atoms with Crippen LogP contribution in [0.1, 0.15) is 56.1 Å². The Labute approximate surface area is 211 Å². The lowest BCUT2D eigenvalue weighted by atomic mass is 9.48. The predicted octanol–water partition coefficient (Wildman–Crippen LogP) is 4.81. The van der Waals surface area contributed by atoms with Crippen LogP contribution in [0.15, 0.2) is 60.7 Å². The van der Waals surface area contributed by atoms with Gasteiger partial charge in [-0.05, 0) is 80.8 Å². The van der Waals surface area contributed by atoms with Gasteiger partial charge >= 0.3 is 5.97 Å². The highest BCUT2D eigenvalue weighted by atomic mass is 16.5. The molecule has 4 aliphatic rings. The fourth-order valence-corrected chi connectivity index (χ4v) is 7.26. The number of carbonyl (C=O) groups excluding carboxylic acids is 2. The number of para-hydroxylation sites is 1. The highest BCUT2D eigenvalue weighted by molar-refractivity contribution is 5.88. The van der Waals surface area contributed by atoms with E-state index < -0.39 is 5.97 Å². The Morgan fingerprint density at radius 2 is 1.56 bits per heavy atom. The summed E-state index contributed by atoms with van der Waals surface area (Å²) in [6, 6.07) is 19.2. The number of hydrogen-bond acceptors (Lipinski definition) is 5. The molecule has 186 valence electrons. The molecule has 4 bridgehead atoms. The summed E-state index contributed by atoms with van der Waals surface area (Å²) in [5.41, 5.74) is 1.81. The number of nitrogens with zero attached hydrogens (tertiary/aromatic N) is 3. The fraction of sp³-hybridized carbons (Fsp3) is 0.448. The van der Waals surface area contributed by atoms with Gasteiger partial charge in [0.25, 0.3) is 11.7 Å². The molecule has 1 aromatic heterocycles. The quantitative estimate of drug-likeness (QED) is 0.486. The third-order valence-corrected chi connectivity index (χ3v) is 8.54. The van der Waals surface area contributed by atoms with E-state index in [0.717, 1.165) is 29.0 Å². The first-order chi connectivity index (χ1) is 17.5. The standard InChI is InChI=1S/C29H32N4O3/c1-19(29-15-20-12-21(16-29)14-22(13-20)17-29)30-25(34)18-36-28(35)26-31-27(23-8-4-2-5-9-23)33(32-26)24-10-6-3-7-11-24/h2-11,19-22H,12-18H2,1H3,(H,30,34). The van der Waals surface area contributed by atoms with E-state index in [4.69, 9.17) is 4.74 Å². The molecule has 1 unspecified atom stereocenters. The Kier molecular flexibility index (Phi) is 5.86. The lowest BCUT2D eigenvalue weighted by Crippen LogP contribution is -2.56. The second kappa shape index (κ2) is 9.19. The second-order valence-electron chi connectivity index (χ2n) is 11.0. The molecule has 0 radical (unpaired) electrons. The van der Waals surface area contributed by atoms with Crippen molar-refractivity contribution >= 4 is 11.9 Å². The summed E-state index contributed by atoms with van der Waals surface area (Å²) in [5.74, 6) is 1.94. The maximum atomic E-state index is 12.8. The van der Waals surface area contributed by atoms with Gasteiger partial charge in [0.15, 0.2) is 12.4 Å². The average Bonchev–Trinajstić information content (AvgIpc) is 3.33. The summed E-state index contributed by atoms with van der Waals surface area (Å²) in [6.07, 6.45) is 7.73. The van der Waals surface area contributed by atoms with Crippen molar-refractivity contribution in [3.05, 3.63) is 66.5 Å². The summed E-state index contributed by atoms with van der Waals surface area (Å²) < 4.78 is 6.99. The van der Waals surface area contributed by atoms with E-state index in [0.29, 0.717) is 5.82 Å². The van der Waals surface area contributed by atoms with E-state index >= 15 is 0 Å². The number of ether oxygens (including phenoxy) is 1. The van der Waals surface area contributed by atoms with E-state index in [-0.39, 0.29) is 29.8 Å². The molecular weight excluding hydrogens is 452 g/mol. The van der Waals surface area contributed by atoms with Crippen LogP contribution in [0, 0.1) is 23.2 Å². The maximum absolute atomic E-state index is 12.8. The first-order valence-corrected chi connectivity index (χ1v) is 13.0. The molecule has 4 aliphatic carbocycles. The zero-order valence-corrected chi connectivity index (χ0v) is 20.6. The van der Waals surface area contributed by atoms with Crippen LogP contribution in [-0.4, -0.2) is 39.3 Å². The Morgan fingerprint density at radius 3 is 2.17 bits per heavy atom. The summed E-state index contributed by atoms with van der Waals surface area (Å²) in [5, 5.41) is 7.57. The number of nitrogens with one attached hydrogen (secondary N) is 1. The van der Waals surface area contributed by atoms with E-state index in [9.17, 15) is 9.59 Å². The molecule has 3 aromatic rings. The topological polar surface area (TPSA) is 86.1 Å². The monoisotopic (exact) mass is 484 g/mol. The first kappa shape index (κ1) is 23.0. The number of hydrogen-bond donors (Lipinski definition) is 1. The molecule has 0 saturated heterocycles. The van der Waals surface area contributed by atoms with Gasteiger partial charge < -0.3 is 10.1 Å². The molecule has 36 heavy (non-hydrogen) atoms. The van der Waals surface area contributed by atoms with Crippen LogP contribution in [0.4, 0.5) is 0 Å². The molecule has 4 saturated carbocycles. The summed E-state index contributed by atoms with van der Waals surface area (Å²) in [4.78, 5) is 30.1. The average molecular weight is 485 g/mol. The Hall–Kier alpha value is -3.48. The number of aromatic nitrogens is 3. The lowest BCUT2D eigenvalue weighted by molar-refractivity contribution is -0.128. The van der Waals surface area contributed by atoms with E-state index in [1.807, 2.05) is 60.7 Å². The first-order valence-electron chi connectivity index (χ1n) is 13.0. The van der Waals surface area contributed by atoms with Crippen molar-refractivity contribution in [2.24, 2.45) is 23.2 Å². The summed E-state index contributed by atoms with van der Waals surface area (Å²) in [6.45, 7) is 1.79. The Balaban J connectivity index is 1.13. The molecule has 0 spiro atoms. The smallest absolute Gasteiger partial charge is 0.378 e. The van der Waals surface area contributed by atoms with Crippen molar-refractivity contribution < 1.29 is 14.3 Å². The van der Waals surface area contributed by atoms with Crippen molar-refractivity contribution in [3.8, 4) is 17.1 Å². The van der Waals surface area contributed by atoms with Gasteiger partial charge in [0.2, 0.25) is 0 Å². The third kappa shape index (κ3) is 4.31.